The van der Waals surface area contributed by atoms with Gasteiger partial charge in [0.05, 0.1) is 25.2 Å². The summed E-state index contributed by atoms with van der Waals surface area (Å²) in [5.74, 6) is -2.72. The summed E-state index contributed by atoms with van der Waals surface area (Å²) in [6, 6.07) is -1.50. The Bertz CT molecular complexity index is 883. The number of carbonyl (C=O) groups excluding carboxylic acids is 3. The van der Waals surface area contributed by atoms with Gasteiger partial charge in [-0.1, -0.05) is 51.5 Å². The van der Waals surface area contributed by atoms with E-state index in [9.17, 15) is 19.5 Å². The van der Waals surface area contributed by atoms with Gasteiger partial charge >= 0.3 is 5.97 Å². The maximum Gasteiger partial charge on any atom is 0.313 e. The molecule has 4 rings (SSSR count). The maximum atomic E-state index is 14.2. The molecule has 0 aromatic rings. The summed E-state index contributed by atoms with van der Waals surface area (Å²) in [6.07, 6.45) is 10.9. The van der Waals surface area contributed by atoms with Gasteiger partial charge in [-0.3, -0.25) is 14.4 Å². The highest BCUT2D eigenvalue weighted by Crippen LogP contribution is 2.58. The van der Waals surface area contributed by atoms with Crippen LogP contribution in [0.15, 0.2) is 24.3 Å². The van der Waals surface area contributed by atoms with E-state index >= 15 is 0 Å². The van der Waals surface area contributed by atoms with Crippen LogP contribution in [0.3, 0.4) is 0 Å². The van der Waals surface area contributed by atoms with Crippen molar-refractivity contribution >= 4 is 17.8 Å². The first kappa shape index (κ1) is 24.9. The molecule has 4 aliphatic rings. The van der Waals surface area contributed by atoms with E-state index in [-0.39, 0.29) is 31.1 Å². The monoisotopic (exact) mass is 474 g/mol. The van der Waals surface area contributed by atoms with Gasteiger partial charge in [0.15, 0.2) is 0 Å². The number of likely N-dealkylation sites (tertiary alicyclic amines) is 1. The molecule has 2 saturated heterocycles. The van der Waals surface area contributed by atoms with Gasteiger partial charge in [0, 0.05) is 12.6 Å². The molecule has 0 aromatic carbocycles. The number of nitrogens with zero attached hydrogens (tertiary/aromatic N) is 2. The summed E-state index contributed by atoms with van der Waals surface area (Å²) in [4.78, 5) is 45.0. The van der Waals surface area contributed by atoms with E-state index in [1.54, 1.807) is 0 Å². The van der Waals surface area contributed by atoms with Crippen molar-refractivity contribution in [1.82, 2.24) is 9.80 Å². The third-order valence-electron chi connectivity index (χ3n) is 8.19. The molecule has 8 heteroatoms. The summed E-state index contributed by atoms with van der Waals surface area (Å²) < 4.78 is 12.4. The number of amides is 2. The van der Waals surface area contributed by atoms with Crippen molar-refractivity contribution in [3.05, 3.63) is 24.3 Å². The van der Waals surface area contributed by atoms with Crippen molar-refractivity contribution in [2.24, 2.45) is 11.8 Å². The van der Waals surface area contributed by atoms with E-state index in [1.807, 2.05) is 50.0 Å². The fraction of sp³-hybridized carbons (Fsp3) is 0.731. The second-order valence-corrected chi connectivity index (χ2v) is 10.0. The van der Waals surface area contributed by atoms with E-state index in [0.717, 1.165) is 12.8 Å². The van der Waals surface area contributed by atoms with Crippen LogP contribution >= 0.6 is 0 Å². The molecule has 8 nitrogen and oxygen atoms in total. The number of hydrogen-bond acceptors (Lipinski definition) is 6. The highest BCUT2D eigenvalue weighted by atomic mass is 16.6. The lowest BCUT2D eigenvalue weighted by Crippen LogP contribution is -2.59. The Kier molecular flexibility index (Phi) is 6.93. The second kappa shape index (κ2) is 9.46. The number of fused-ring (bicyclic) bond motifs is 2. The summed E-state index contributed by atoms with van der Waals surface area (Å²) in [5, 5.41) is 10.2. The Morgan fingerprint density at radius 3 is 2.53 bits per heavy atom. The van der Waals surface area contributed by atoms with Crippen LogP contribution in [0, 0.1) is 11.8 Å². The molecule has 0 saturated carbocycles. The predicted octanol–water partition coefficient (Wildman–Crippen LogP) is 2.21. The van der Waals surface area contributed by atoms with Crippen LogP contribution in [0.4, 0.5) is 0 Å². The van der Waals surface area contributed by atoms with Crippen molar-refractivity contribution in [1.29, 1.82) is 0 Å². The Morgan fingerprint density at radius 2 is 1.88 bits per heavy atom. The summed E-state index contributed by atoms with van der Waals surface area (Å²) in [7, 11) is 0. The van der Waals surface area contributed by atoms with Gasteiger partial charge in [0.2, 0.25) is 11.8 Å². The fourth-order valence-corrected chi connectivity index (χ4v) is 6.46. The van der Waals surface area contributed by atoms with Crippen LogP contribution in [0.1, 0.15) is 59.8 Å². The summed E-state index contributed by atoms with van der Waals surface area (Å²) in [6.45, 7) is 8.31. The second-order valence-electron chi connectivity index (χ2n) is 10.0. The lowest BCUT2D eigenvalue weighted by Gasteiger charge is -2.41. The van der Waals surface area contributed by atoms with Gasteiger partial charge in [-0.2, -0.15) is 0 Å². The number of aliphatic hydroxyl groups excluding tert-OH is 1. The van der Waals surface area contributed by atoms with Gasteiger partial charge in [-0.05, 0) is 32.6 Å². The van der Waals surface area contributed by atoms with Crippen LogP contribution in [0.5, 0.6) is 0 Å². The zero-order valence-electron chi connectivity index (χ0n) is 20.7. The van der Waals surface area contributed by atoms with Gasteiger partial charge in [0.1, 0.15) is 23.2 Å². The molecule has 188 valence electrons. The Labute approximate surface area is 201 Å². The zero-order chi connectivity index (χ0) is 24.7. The van der Waals surface area contributed by atoms with Crippen LogP contribution < -0.4 is 0 Å². The number of esters is 1. The molecule has 2 fully saturated rings. The SMILES string of the molecule is CCCC(C)N1CC=C[C@]23O[C@@]4(CC)C=CCCOC(=O)[C@H]4[C@H]2C(=O)N([C@@H](CC)CO)C3C1=O. The molecule has 7 atom stereocenters. The standard InChI is InChI=1S/C26H38N2O6/c1-5-11-17(4)27-14-10-13-26-19(22(30)28(18(6-2)16-29)21(26)23(27)31)20-24(32)33-15-9-8-12-25(20,7-3)34-26/h8,10,12-13,17-21,29H,5-7,9,11,14-16H2,1-4H3/t17?,18-,19-,20+,21?,25-,26-/m0/s1. The van der Waals surface area contributed by atoms with Crippen molar-refractivity contribution < 1.29 is 29.0 Å². The average molecular weight is 475 g/mol. The normalized spacial score (nSPS) is 36.9. The zero-order valence-corrected chi connectivity index (χ0v) is 20.7. The van der Waals surface area contributed by atoms with Crippen molar-refractivity contribution in [3.63, 3.8) is 0 Å². The van der Waals surface area contributed by atoms with E-state index in [1.165, 1.54) is 4.90 Å². The smallest absolute Gasteiger partial charge is 0.313 e. The molecule has 0 radical (unpaired) electrons. The average Bonchev–Trinajstić information content (AvgIpc) is 3.16. The van der Waals surface area contributed by atoms with Crippen LogP contribution in [0.25, 0.3) is 0 Å². The van der Waals surface area contributed by atoms with E-state index in [4.69, 9.17) is 9.47 Å². The molecule has 2 amide bonds. The number of rotatable bonds is 7. The Hall–Kier alpha value is -2.19. The molecule has 4 aliphatic heterocycles. The third-order valence-corrected chi connectivity index (χ3v) is 8.19. The number of carbonyl (C=O) groups is 3. The minimum atomic E-state index is -1.30. The number of hydrogen-bond donors (Lipinski definition) is 1. The molecule has 0 aliphatic carbocycles. The molecule has 1 spiro atoms. The molecule has 0 bridgehead atoms. The van der Waals surface area contributed by atoms with Gasteiger partial charge < -0.3 is 24.4 Å². The summed E-state index contributed by atoms with van der Waals surface area (Å²) >= 11 is 0. The molecule has 2 unspecified atom stereocenters. The molecule has 0 aromatic heterocycles. The van der Waals surface area contributed by atoms with Crippen molar-refractivity contribution in [3.8, 4) is 0 Å². The van der Waals surface area contributed by atoms with Gasteiger partial charge in [-0.25, -0.2) is 0 Å². The van der Waals surface area contributed by atoms with Crippen molar-refractivity contribution in [2.45, 2.75) is 89.1 Å². The van der Waals surface area contributed by atoms with Crippen LogP contribution in [0.2, 0.25) is 0 Å². The first-order valence-electron chi connectivity index (χ1n) is 12.8. The van der Waals surface area contributed by atoms with Crippen LogP contribution in [-0.2, 0) is 23.9 Å². The minimum Gasteiger partial charge on any atom is -0.465 e. The van der Waals surface area contributed by atoms with Gasteiger partial charge in [0.25, 0.3) is 0 Å². The van der Waals surface area contributed by atoms with E-state index < -0.39 is 41.1 Å². The lowest BCUT2D eigenvalue weighted by atomic mass is 9.73. The maximum absolute atomic E-state index is 14.2. The van der Waals surface area contributed by atoms with Crippen LogP contribution in [-0.4, -0.2) is 81.8 Å². The first-order valence-corrected chi connectivity index (χ1v) is 12.8. The highest BCUT2D eigenvalue weighted by molar-refractivity contribution is 5.99. The first-order chi connectivity index (χ1) is 16.3. The molecule has 34 heavy (non-hydrogen) atoms. The molecule has 4 heterocycles. The molecular formula is C26H38N2O6. The Balaban J connectivity index is 1.90. The fourth-order valence-electron chi connectivity index (χ4n) is 6.46. The number of aliphatic hydroxyl groups is 1. The number of ether oxygens (including phenoxy) is 2. The lowest BCUT2D eigenvalue weighted by molar-refractivity contribution is -0.164. The van der Waals surface area contributed by atoms with Crippen molar-refractivity contribution in [2.75, 3.05) is 19.8 Å². The summed E-state index contributed by atoms with van der Waals surface area (Å²) in [5.41, 5.74) is -2.33. The molecule has 1 N–H and O–H groups in total. The highest BCUT2D eigenvalue weighted by Gasteiger charge is 2.75. The van der Waals surface area contributed by atoms with E-state index in [0.29, 0.717) is 25.8 Å². The molecular weight excluding hydrogens is 436 g/mol. The number of cyclic esters (lactones) is 1. The largest absolute Gasteiger partial charge is 0.465 e. The van der Waals surface area contributed by atoms with Gasteiger partial charge in [-0.15, -0.1) is 0 Å². The minimum absolute atomic E-state index is 0.0115. The Morgan fingerprint density at radius 1 is 1.12 bits per heavy atom. The predicted molar refractivity (Wildman–Crippen MR) is 126 cm³/mol. The topological polar surface area (TPSA) is 96.4 Å². The van der Waals surface area contributed by atoms with E-state index in [2.05, 4.69) is 6.92 Å². The third kappa shape index (κ3) is 3.52. The quantitative estimate of drug-likeness (QED) is 0.449.